The quantitative estimate of drug-likeness (QED) is 0.584. The van der Waals surface area contributed by atoms with Crippen LogP contribution in [-0.4, -0.2) is 46.0 Å². The highest BCUT2D eigenvalue weighted by Crippen LogP contribution is 2.51. The third kappa shape index (κ3) is 2.64. The molecule has 124 valence electrons. The lowest BCUT2D eigenvalue weighted by Gasteiger charge is -2.46. The van der Waals surface area contributed by atoms with Crippen LogP contribution < -0.4 is 0 Å². The molecular weight excluding hydrogens is 288 g/mol. The van der Waals surface area contributed by atoms with Gasteiger partial charge in [0.25, 0.3) is 0 Å². The summed E-state index contributed by atoms with van der Waals surface area (Å²) in [4.78, 5) is 12.3. The maximum absolute atomic E-state index is 12.3. The fourth-order valence-corrected chi connectivity index (χ4v) is 4.14. The number of carbonyl (C=O) groups excluding carboxylic acids is 1. The minimum atomic E-state index is -0.519. The average molecular weight is 312 g/mol. The van der Waals surface area contributed by atoms with Crippen LogP contribution in [0.4, 0.5) is 0 Å². The largest absolute Gasteiger partial charge is 0.471 e. The molecule has 1 aliphatic heterocycles. The molecule has 2 fully saturated rings. The molecule has 3 rings (SSSR count). The molecule has 0 aromatic heterocycles. The highest BCUT2D eigenvalue weighted by Gasteiger charge is 2.53. The normalized spacial score (nSPS) is 30.3. The fraction of sp³-hybridized carbons (Fsp3) is 0.812. The van der Waals surface area contributed by atoms with E-state index in [4.69, 9.17) is 23.7 Å². The summed E-state index contributed by atoms with van der Waals surface area (Å²) < 4.78 is 27.6. The van der Waals surface area contributed by atoms with Gasteiger partial charge in [-0.15, -0.1) is 0 Å². The monoisotopic (exact) mass is 312 g/mol. The standard InChI is InChI=1S/C16H24O6/c1-18-10-20-13-6-5-12-11(14(13)15(17)19-2)4-3-7-16(12)21-8-9-22-16/h11-12H,3-10H2,1-2H3. The van der Waals surface area contributed by atoms with Gasteiger partial charge in [0, 0.05) is 31.8 Å². The first-order valence-electron chi connectivity index (χ1n) is 7.93. The zero-order chi connectivity index (χ0) is 15.6. The zero-order valence-electron chi connectivity index (χ0n) is 13.3. The highest BCUT2D eigenvalue weighted by molar-refractivity contribution is 5.89. The van der Waals surface area contributed by atoms with Gasteiger partial charge < -0.3 is 23.7 Å². The molecule has 1 saturated carbocycles. The highest BCUT2D eigenvalue weighted by atomic mass is 16.7. The van der Waals surface area contributed by atoms with Gasteiger partial charge in [0.1, 0.15) is 5.76 Å². The van der Waals surface area contributed by atoms with Crippen molar-refractivity contribution in [3.63, 3.8) is 0 Å². The van der Waals surface area contributed by atoms with E-state index in [0.717, 1.165) is 25.7 Å². The van der Waals surface area contributed by atoms with Crippen molar-refractivity contribution in [3.05, 3.63) is 11.3 Å². The maximum Gasteiger partial charge on any atom is 0.337 e. The Morgan fingerprint density at radius 1 is 1.27 bits per heavy atom. The van der Waals surface area contributed by atoms with Gasteiger partial charge in [0.05, 0.1) is 25.9 Å². The van der Waals surface area contributed by atoms with Crippen LogP contribution in [0.25, 0.3) is 0 Å². The molecule has 2 unspecified atom stereocenters. The molecule has 3 aliphatic rings. The number of carbonyl (C=O) groups is 1. The molecule has 6 nitrogen and oxygen atoms in total. The van der Waals surface area contributed by atoms with Gasteiger partial charge in [0.2, 0.25) is 0 Å². The number of hydrogen-bond acceptors (Lipinski definition) is 6. The Kier molecular flexibility index (Phi) is 4.70. The van der Waals surface area contributed by atoms with E-state index in [1.807, 2.05) is 0 Å². The number of hydrogen-bond donors (Lipinski definition) is 0. The van der Waals surface area contributed by atoms with Gasteiger partial charge in [-0.3, -0.25) is 0 Å². The van der Waals surface area contributed by atoms with E-state index in [0.29, 0.717) is 31.0 Å². The van der Waals surface area contributed by atoms with Gasteiger partial charge in [-0.1, -0.05) is 0 Å². The van der Waals surface area contributed by atoms with E-state index < -0.39 is 5.79 Å². The molecule has 1 saturated heterocycles. The molecule has 22 heavy (non-hydrogen) atoms. The van der Waals surface area contributed by atoms with Crippen LogP contribution in [0.2, 0.25) is 0 Å². The second-order valence-electron chi connectivity index (χ2n) is 6.03. The average Bonchev–Trinajstić information content (AvgIpc) is 3.01. The predicted molar refractivity (Wildman–Crippen MR) is 76.7 cm³/mol. The van der Waals surface area contributed by atoms with Crippen LogP contribution in [0.3, 0.4) is 0 Å². The van der Waals surface area contributed by atoms with Crippen LogP contribution in [0.5, 0.6) is 0 Å². The summed E-state index contributed by atoms with van der Waals surface area (Å²) in [5, 5.41) is 0. The molecule has 1 heterocycles. The number of fused-ring (bicyclic) bond motifs is 2. The van der Waals surface area contributed by atoms with E-state index in [-0.39, 0.29) is 24.6 Å². The molecule has 6 heteroatoms. The number of esters is 1. The molecule has 1 spiro atoms. The van der Waals surface area contributed by atoms with Gasteiger partial charge in [-0.2, -0.15) is 0 Å². The molecule has 2 aliphatic carbocycles. The number of ether oxygens (including phenoxy) is 5. The second kappa shape index (κ2) is 6.56. The van der Waals surface area contributed by atoms with Crippen molar-refractivity contribution in [2.24, 2.45) is 11.8 Å². The molecular formula is C16H24O6. The van der Waals surface area contributed by atoms with Crippen LogP contribution >= 0.6 is 0 Å². The minimum Gasteiger partial charge on any atom is -0.471 e. The van der Waals surface area contributed by atoms with Crippen molar-refractivity contribution >= 4 is 5.97 Å². The lowest BCUT2D eigenvalue weighted by molar-refractivity contribution is -0.226. The van der Waals surface area contributed by atoms with Crippen LogP contribution in [0.1, 0.15) is 32.1 Å². The van der Waals surface area contributed by atoms with Crippen molar-refractivity contribution in [2.45, 2.75) is 37.9 Å². The van der Waals surface area contributed by atoms with Crippen LogP contribution in [0, 0.1) is 11.8 Å². The molecule has 0 N–H and O–H groups in total. The van der Waals surface area contributed by atoms with Crippen molar-refractivity contribution in [3.8, 4) is 0 Å². The lowest BCUT2D eigenvalue weighted by Crippen LogP contribution is -2.49. The van der Waals surface area contributed by atoms with Gasteiger partial charge in [0.15, 0.2) is 12.6 Å². The smallest absolute Gasteiger partial charge is 0.337 e. The summed E-state index contributed by atoms with van der Waals surface area (Å²) in [5.41, 5.74) is 0.647. The summed E-state index contributed by atoms with van der Waals surface area (Å²) in [6.45, 7) is 1.41. The van der Waals surface area contributed by atoms with E-state index in [2.05, 4.69) is 0 Å². The van der Waals surface area contributed by atoms with E-state index in [9.17, 15) is 4.79 Å². The van der Waals surface area contributed by atoms with Crippen molar-refractivity contribution in [1.82, 2.24) is 0 Å². The van der Waals surface area contributed by atoms with E-state index in [1.165, 1.54) is 7.11 Å². The summed E-state index contributed by atoms with van der Waals surface area (Å²) in [5.74, 6) is 0.128. The first-order chi connectivity index (χ1) is 10.7. The third-order valence-electron chi connectivity index (χ3n) is 4.98. The van der Waals surface area contributed by atoms with Crippen molar-refractivity contribution in [1.29, 1.82) is 0 Å². The summed E-state index contributed by atoms with van der Waals surface area (Å²) >= 11 is 0. The molecule has 0 aromatic carbocycles. The molecule has 0 radical (unpaired) electrons. The fourth-order valence-electron chi connectivity index (χ4n) is 4.14. The predicted octanol–water partition coefficient (Wildman–Crippen LogP) is 1.99. The maximum atomic E-state index is 12.3. The lowest BCUT2D eigenvalue weighted by atomic mass is 9.66. The Hall–Kier alpha value is -1.11. The summed E-state index contributed by atoms with van der Waals surface area (Å²) in [7, 11) is 2.98. The summed E-state index contributed by atoms with van der Waals surface area (Å²) in [6, 6.07) is 0. The van der Waals surface area contributed by atoms with Gasteiger partial charge in [-0.25, -0.2) is 4.79 Å². The Morgan fingerprint density at radius 3 is 2.73 bits per heavy atom. The van der Waals surface area contributed by atoms with Crippen LogP contribution in [0.15, 0.2) is 11.3 Å². The second-order valence-corrected chi connectivity index (χ2v) is 6.03. The first-order valence-corrected chi connectivity index (χ1v) is 7.93. The topological polar surface area (TPSA) is 63.2 Å². The molecule has 2 atom stereocenters. The minimum absolute atomic E-state index is 0.0694. The molecule has 0 aromatic rings. The van der Waals surface area contributed by atoms with Crippen LogP contribution in [-0.2, 0) is 28.5 Å². The van der Waals surface area contributed by atoms with Gasteiger partial charge in [-0.05, 0) is 19.3 Å². The number of allylic oxidation sites excluding steroid dienone is 1. The van der Waals surface area contributed by atoms with Gasteiger partial charge >= 0.3 is 5.97 Å². The van der Waals surface area contributed by atoms with E-state index in [1.54, 1.807) is 7.11 Å². The van der Waals surface area contributed by atoms with Crippen molar-refractivity contribution < 1.29 is 28.5 Å². The molecule has 0 bridgehead atoms. The van der Waals surface area contributed by atoms with Crippen molar-refractivity contribution in [2.75, 3.05) is 34.2 Å². The van der Waals surface area contributed by atoms with E-state index >= 15 is 0 Å². The Labute approximate surface area is 130 Å². The zero-order valence-corrected chi connectivity index (χ0v) is 13.3. The summed E-state index contributed by atoms with van der Waals surface area (Å²) in [6.07, 6.45) is 4.38. The Morgan fingerprint density at radius 2 is 2.05 bits per heavy atom. The number of methoxy groups -OCH3 is 2. The Bertz CT molecular complexity index is 452. The SMILES string of the molecule is COCOC1=C(C(=O)OC)C2CCCC3(OCCO3)C2CC1. The third-order valence-corrected chi connectivity index (χ3v) is 4.98. The number of rotatable bonds is 4. The first kappa shape index (κ1) is 15.8. The molecule has 0 amide bonds. The Balaban J connectivity index is 1.91.